The molecule has 0 aromatic rings. The van der Waals surface area contributed by atoms with E-state index in [0.717, 1.165) is 25.7 Å². The summed E-state index contributed by atoms with van der Waals surface area (Å²) in [5.74, 6) is -0.410. The van der Waals surface area contributed by atoms with E-state index in [4.69, 9.17) is 5.11 Å². The number of likely N-dealkylation sites (tertiary alicyclic amines) is 1. The fourth-order valence-electron chi connectivity index (χ4n) is 2.50. The molecule has 0 aromatic heterocycles. The number of carbonyl (C=O) groups excluding carboxylic acids is 1. The van der Waals surface area contributed by atoms with Crippen LogP contribution in [0.1, 0.15) is 45.4 Å². The highest BCUT2D eigenvalue weighted by atomic mass is 16.4. The average molecular weight is 257 g/mol. The van der Waals surface area contributed by atoms with E-state index in [1.165, 1.54) is 0 Å². The van der Waals surface area contributed by atoms with Gasteiger partial charge in [0.05, 0.1) is 12.5 Å². The molecule has 0 bridgehead atoms. The summed E-state index contributed by atoms with van der Waals surface area (Å²) in [4.78, 5) is 23.9. The molecule has 2 atom stereocenters. The fraction of sp³-hybridized carbons (Fsp3) is 0.846. The molecule has 1 saturated heterocycles. The van der Waals surface area contributed by atoms with E-state index >= 15 is 0 Å². The maximum Gasteiger partial charge on any atom is 0.306 e. The summed E-state index contributed by atoms with van der Waals surface area (Å²) in [5, 5.41) is 18.2. The quantitative estimate of drug-likeness (QED) is 0.750. The van der Waals surface area contributed by atoms with Crippen molar-refractivity contribution < 1.29 is 19.8 Å². The minimum absolute atomic E-state index is 0.0399. The first kappa shape index (κ1) is 15.0. The number of amides is 1. The van der Waals surface area contributed by atoms with Crippen LogP contribution in [0.15, 0.2) is 0 Å². The van der Waals surface area contributed by atoms with Gasteiger partial charge in [-0.3, -0.25) is 9.59 Å². The summed E-state index contributed by atoms with van der Waals surface area (Å²) in [7, 11) is 0. The van der Waals surface area contributed by atoms with Crippen molar-refractivity contribution in [1.82, 2.24) is 4.90 Å². The molecule has 1 amide bonds. The Morgan fingerprint density at radius 2 is 2.22 bits per heavy atom. The van der Waals surface area contributed by atoms with Crippen LogP contribution in [0.4, 0.5) is 0 Å². The number of rotatable bonds is 6. The van der Waals surface area contributed by atoms with Crippen LogP contribution < -0.4 is 0 Å². The van der Waals surface area contributed by atoms with Crippen molar-refractivity contribution >= 4 is 11.9 Å². The number of hydrogen-bond donors (Lipinski definition) is 2. The van der Waals surface area contributed by atoms with Gasteiger partial charge in [-0.2, -0.15) is 0 Å². The molecule has 18 heavy (non-hydrogen) atoms. The van der Waals surface area contributed by atoms with Crippen LogP contribution in [-0.2, 0) is 9.59 Å². The summed E-state index contributed by atoms with van der Waals surface area (Å²) in [6.45, 7) is 2.92. The number of aliphatic carboxylic acids is 1. The monoisotopic (exact) mass is 257 g/mol. The molecular formula is C13H23NO4. The lowest BCUT2D eigenvalue weighted by molar-refractivity contribution is -0.141. The van der Waals surface area contributed by atoms with Crippen molar-refractivity contribution in [3.63, 3.8) is 0 Å². The Bertz CT molecular complexity index is 293. The minimum Gasteiger partial charge on any atom is -0.481 e. The molecule has 0 aromatic carbocycles. The summed E-state index contributed by atoms with van der Waals surface area (Å²) >= 11 is 0. The zero-order valence-corrected chi connectivity index (χ0v) is 11.0. The Morgan fingerprint density at radius 3 is 2.83 bits per heavy atom. The Morgan fingerprint density at radius 1 is 1.50 bits per heavy atom. The molecule has 1 aliphatic heterocycles. The third-order valence-corrected chi connectivity index (χ3v) is 3.46. The molecule has 5 nitrogen and oxygen atoms in total. The number of carboxylic acids is 1. The molecule has 5 heteroatoms. The molecule has 1 heterocycles. The van der Waals surface area contributed by atoms with Gasteiger partial charge in [0.2, 0.25) is 5.91 Å². The molecule has 1 fully saturated rings. The normalized spacial score (nSPS) is 22.7. The molecule has 2 N–H and O–H groups in total. The lowest BCUT2D eigenvalue weighted by Gasteiger charge is -2.23. The number of β-amino-alcohol motifs (C(OH)–C–C–N with tert-alkyl or cyclic N) is 1. The van der Waals surface area contributed by atoms with Gasteiger partial charge in [-0.1, -0.05) is 19.8 Å². The number of carboxylic acid groups (broad SMARTS) is 1. The zero-order chi connectivity index (χ0) is 13.5. The van der Waals surface area contributed by atoms with Gasteiger partial charge in [0, 0.05) is 19.5 Å². The number of aliphatic hydroxyl groups excluding tert-OH is 1. The molecular weight excluding hydrogens is 234 g/mol. The van der Waals surface area contributed by atoms with Gasteiger partial charge in [-0.15, -0.1) is 0 Å². The second-order valence-electron chi connectivity index (χ2n) is 5.07. The van der Waals surface area contributed by atoms with Gasteiger partial charge in [0.15, 0.2) is 0 Å². The number of aliphatic hydroxyl groups is 1. The maximum absolute atomic E-state index is 11.9. The molecule has 0 aliphatic carbocycles. The number of carbonyl (C=O) groups is 2. The predicted octanol–water partition coefficient (Wildman–Crippen LogP) is 1.25. The van der Waals surface area contributed by atoms with Crippen LogP contribution in [0.5, 0.6) is 0 Å². The van der Waals surface area contributed by atoms with Crippen molar-refractivity contribution in [3.8, 4) is 0 Å². The van der Waals surface area contributed by atoms with Crippen molar-refractivity contribution in [2.45, 2.75) is 51.6 Å². The van der Waals surface area contributed by atoms with Crippen molar-refractivity contribution in [2.75, 3.05) is 13.1 Å². The smallest absolute Gasteiger partial charge is 0.306 e. The zero-order valence-electron chi connectivity index (χ0n) is 11.0. The van der Waals surface area contributed by atoms with E-state index in [0.29, 0.717) is 18.9 Å². The number of hydrogen-bond acceptors (Lipinski definition) is 3. The standard InChI is InChI=1S/C13H23NO4/c1-2-3-10-4-5-12(16)14(7-6-10)9-11(15)8-13(17)18/h10-11,15H,2-9H2,1H3,(H,17,18). The van der Waals surface area contributed by atoms with Crippen molar-refractivity contribution in [2.24, 2.45) is 5.92 Å². The summed E-state index contributed by atoms with van der Waals surface area (Å²) in [5.41, 5.74) is 0. The molecule has 2 unspecified atom stereocenters. The highest BCUT2D eigenvalue weighted by Crippen LogP contribution is 2.22. The van der Waals surface area contributed by atoms with E-state index in [9.17, 15) is 14.7 Å². The Kier molecular flexibility index (Phi) is 6.12. The lowest BCUT2D eigenvalue weighted by Crippen LogP contribution is -2.38. The first-order valence-corrected chi connectivity index (χ1v) is 6.70. The van der Waals surface area contributed by atoms with E-state index in [-0.39, 0.29) is 18.9 Å². The predicted molar refractivity (Wildman–Crippen MR) is 67.1 cm³/mol. The van der Waals surface area contributed by atoms with Gasteiger partial charge >= 0.3 is 5.97 Å². The van der Waals surface area contributed by atoms with Gasteiger partial charge in [-0.05, 0) is 18.8 Å². The van der Waals surface area contributed by atoms with Crippen LogP contribution in [0, 0.1) is 5.92 Å². The minimum atomic E-state index is -1.03. The summed E-state index contributed by atoms with van der Waals surface area (Å²) < 4.78 is 0. The Hall–Kier alpha value is -1.10. The maximum atomic E-state index is 11.9. The average Bonchev–Trinajstić information content (AvgIpc) is 2.43. The van der Waals surface area contributed by atoms with E-state index in [1.807, 2.05) is 0 Å². The Balaban J connectivity index is 2.45. The van der Waals surface area contributed by atoms with E-state index < -0.39 is 12.1 Å². The third-order valence-electron chi connectivity index (χ3n) is 3.46. The SMILES string of the molecule is CCCC1CCC(=O)N(CC(O)CC(=O)O)CC1. The highest BCUT2D eigenvalue weighted by Gasteiger charge is 2.24. The van der Waals surface area contributed by atoms with Gasteiger partial charge < -0.3 is 15.1 Å². The molecule has 0 radical (unpaired) electrons. The van der Waals surface area contributed by atoms with E-state index in [1.54, 1.807) is 4.90 Å². The molecule has 104 valence electrons. The summed E-state index contributed by atoms with van der Waals surface area (Å²) in [6, 6.07) is 0. The third kappa shape index (κ3) is 5.04. The first-order chi connectivity index (χ1) is 8.52. The second kappa shape index (κ2) is 7.36. The Labute approximate surface area is 108 Å². The fourth-order valence-corrected chi connectivity index (χ4v) is 2.50. The van der Waals surface area contributed by atoms with Gasteiger partial charge in [0.25, 0.3) is 0 Å². The number of nitrogens with zero attached hydrogens (tertiary/aromatic N) is 1. The van der Waals surface area contributed by atoms with Crippen molar-refractivity contribution in [3.05, 3.63) is 0 Å². The largest absolute Gasteiger partial charge is 0.481 e. The molecule has 0 spiro atoms. The second-order valence-corrected chi connectivity index (χ2v) is 5.07. The topological polar surface area (TPSA) is 77.8 Å². The highest BCUT2D eigenvalue weighted by molar-refractivity contribution is 5.76. The lowest BCUT2D eigenvalue weighted by atomic mass is 9.96. The van der Waals surface area contributed by atoms with E-state index in [2.05, 4.69) is 6.92 Å². The molecule has 1 aliphatic rings. The molecule has 1 rings (SSSR count). The van der Waals surface area contributed by atoms with Crippen molar-refractivity contribution in [1.29, 1.82) is 0 Å². The van der Waals surface area contributed by atoms with Crippen LogP contribution in [0.2, 0.25) is 0 Å². The van der Waals surface area contributed by atoms with Gasteiger partial charge in [0.1, 0.15) is 0 Å². The van der Waals surface area contributed by atoms with Crippen LogP contribution in [0.3, 0.4) is 0 Å². The summed E-state index contributed by atoms with van der Waals surface area (Å²) in [6.07, 6.45) is 3.39. The van der Waals surface area contributed by atoms with Crippen LogP contribution >= 0.6 is 0 Å². The van der Waals surface area contributed by atoms with Crippen LogP contribution in [-0.4, -0.2) is 46.2 Å². The van der Waals surface area contributed by atoms with Gasteiger partial charge in [-0.25, -0.2) is 0 Å². The van der Waals surface area contributed by atoms with Crippen LogP contribution in [0.25, 0.3) is 0 Å². The first-order valence-electron chi connectivity index (χ1n) is 6.70. The molecule has 0 saturated carbocycles.